The molecule has 0 bridgehead atoms. The number of aromatic nitrogens is 3. The van der Waals surface area contributed by atoms with Crippen molar-refractivity contribution in [2.24, 2.45) is 12.5 Å². The first-order valence-electron chi connectivity index (χ1n) is 8.07. The molecule has 2 aromatic rings. The number of rotatable bonds is 5. The van der Waals surface area contributed by atoms with Gasteiger partial charge in [0.1, 0.15) is 12.1 Å². The highest BCUT2D eigenvalue weighted by Crippen LogP contribution is 2.56. The second-order valence-corrected chi connectivity index (χ2v) is 6.68. The summed E-state index contributed by atoms with van der Waals surface area (Å²) in [4.78, 5) is 7.03. The number of piperidine rings is 1. The molecule has 1 atom stereocenters. The predicted octanol–water partition coefficient (Wildman–Crippen LogP) is 1.55. The monoisotopic (exact) mass is 301 g/mol. The molecule has 6 nitrogen and oxygen atoms in total. The zero-order chi connectivity index (χ0) is 15.0. The van der Waals surface area contributed by atoms with E-state index in [-0.39, 0.29) is 0 Å². The normalized spacial score (nSPS) is 23.3. The van der Waals surface area contributed by atoms with Crippen molar-refractivity contribution in [3.05, 3.63) is 36.2 Å². The molecule has 0 amide bonds. The first kappa shape index (κ1) is 14.0. The summed E-state index contributed by atoms with van der Waals surface area (Å²) in [7, 11) is 2.06. The first-order valence-corrected chi connectivity index (χ1v) is 8.07. The largest absolute Gasteiger partial charge is 0.364 e. The number of hydrogen-bond donors (Lipinski definition) is 1. The number of nitrogens with one attached hydrogen (secondary N) is 1. The quantitative estimate of drug-likeness (QED) is 0.908. The molecule has 0 radical (unpaired) electrons. The highest BCUT2D eigenvalue weighted by atomic mass is 16.5. The van der Waals surface area contributed by atoms with Crippen molar-refractivity contribution in [2.75, 3.05) is 13.1 Å². The van der Waals surface area contributed by atoms with Gasteiger partial charge in [-0.1, -0.05) is 5.16 Å². The smallest absolute Gasteiger partial charge is 0.124 e. The molecule has 2 aromatic heterocycles. The zero-order valence-corrected chi connectivity index (χ0v) is 13.0. The summed E-state index contributed by atoms with van der Waals surface area (Å²) in [6.45, 7) is 4.01. The van der Waals surface area contributed by atoms with Gasteiger partial charge in [0, 0.05) is 38.1 Å². The van der Waals surface area contributed by atoms with Gasteiger partial charge in [0.05, 0.1) is 12.2 Å². The van der Waals surface area contributed by atoms with Gasteiger partial charge in [0.15, 0.2) is 0 Å². The molecule has 6 heteroatoms. The van der Waals surface area contributed by atoms with Crippen LogP contribution < -0.4 is 5.32 Å². The average molecular weight is 301 g/mol. The third-order valence-electron chi connectivity index (χ3n) is 5.31. The molecule has 1 saturated carbocycles. The Balaban J connectivity index is 1.52. The molecule has 1 aliphatic carbocycles. The van der Waals surface area contributed by atoms with Crippen molar-refractivity contribution in [3.63, 3.8) is 0 Å². The molecule has 3 heterocycles. The van der Waals surface area contributed by atoms with Crippen LogP contribution in [0.3, 0.4) is 0 Å². The molecule has 1 N–H and O–H groups in total. The van der Waals surface area contributed by atoms with E-state index in [2.05, 4.69) is 32.0 Å². The van der Waals surface area contributed by atoms with Crippen molar-refractivity contribution in [2.45, 2.75) is 38.4 Å². The lowest BCUT2D eigenvalue weighted by Gasteiger charge is -2.29. The Bertz CT molecular complexity index is 614. The van der Waals surface area contributed by atoms with Crippen LogP contribution in [0.2, 0.25) is 0 Å². The number of hydrogen-bond acceptors (Lipinski definition) is 5. The summed E-state index contributed by atoms with van der Waals surface area (Å²) in [5.41, 5.74) is 1.52. The van der Waals surface area contributed by atoms with Crippen molar-refractivity contribution in [3.8, 4) is 0 Å². The SMILES string of the molecule is Cn1ccnc1CN(Cc1ccon1)[C@H]1CC12CCNCC2. The molecule has 22 heavy (non-hydrogen) atoms. The number of nitrogens with zero attached hydrogens (tertiary/aromatic N) is 4. The Kier molecular flexibility index (Phi) is 3.50. The summed E-state index contributed by atoms with van der Waals surface area (Å²) < 4.78 is 7.11. The van der Waals surface area contributed by atoms with Gasteiger partial charge in [0.2, 0.25) is 0 Å². The lowest BCUT2D eigenvalue weighted by Crippen LogP contribution is -2.36. The molecule has 1 saturated heterocycles. The topological polar surface area (TPSA) is 59.1 Å². The highest BCUT2D eigenvalue weighted by Gasteiger charge is 2.56. The summed E-state index contributed by atoms with van der Waals surface area (Å²) >= 11 is 0. The first-order chi connectivity index (χ1) is 10.8. The van der Waals surface area contributed by atoms with E-state index >= 15 is 0 Å². The van der Waals surface area contributed by atoms with Crippen LogP contribution in [-0.2, 0) is 20.1 Å². The standard InChI is InChI=1S/C16H23N5O/c1-20-8-7-18-15(20)12-21(11-13-2-9-22-19-13)14-10-16(14)3-5-17-6-4-16/h2,7-9,14,17H,3-6,10-12H2,1H3/t14-/m0/s1. The van der Waals surface area contributed by atoms with Gasteiger partial charge in [-0.3, -0.25) is 4.90 Å². The molecule has 0 aromatic carbocycles. The van der Waals surface area contributed by atoms with Gasteiger partial charge < -0.3 is 14.4 Å². The summed E-state index contributed by atoms with van der Waals surface area (Å²) in [5, 5.41) is 7.57. The summed E-state index contributed by atoms with van der Waals surface area (Å²) in [6.07, 6.45) is 9.41. The van der Waals surface area contributed by atoms with Crippen LogP contribution in [-0.4, -0.2) is 38.7 Å². The molecule has 0 unspecified atom stereocenters. The van der Waals surface area contributed by atoms with Gasteiger partial charge in [-0.2, -0.15) is 0 Å². The Morgan fingerprint density at radius 2 is 2.27 bits per heavy atom. The lowest BCUT2D eigenvalue weighted by molar-refractivity contribution is 0.178. The molecule has 4 rings (SSSR count). The van der Waals surface area contributed by atoms with Gasteiger partial charge in [-0.05, 0) is 37.8 Å². The summed E-state index contributed by atoms with van der Waals surface area (Å²) in [5.74, 6) is 1.11. The van der Waals surface area contributed by atoms with Crippen LogP contribution in [0.4, 0.5) is 0 Å². The van der Waals surface area contributed by atoms with Crippen LogP contribution >= 0.6 is 0 Å². The lowest BCUT2D eigenvalue weighted by atomic mass is 9.93. The fourth-order valence-corrected chi connectivity index (χ4v) is 3.84. The van der Waals surface area contributed by atoms with Gasteiger partial charge in [-0.25, -0.2) is 4.98 Å². The molecule has 1 spiro atoms. The Labute approximate surface area is 130 Å². The minimum absolute atomic E-state index is 0.514. The fourth-order valence-electron chi connectivity index (χ4n) is 3.84. The second-order valence-electron chi connectivity index (χ2n) is 6.68. The Hall–Kier alpha value is -1.66. The third-order valence-corrected chi connectivity index (χ3v) is 5.31. The third kappa shape index (κ3) is 2.57. The van der Waals surface area contributed by atoms with E-state index < -0.39 is 0 Å². The van der Waals surface area contributed by atoms with Crippen molar-refractivity contribution in [1.29, 1.82) is 0 Å². The fraction of sp³-hybridized carbons (Fsp3) is 0.625. The number of aryl methyl sites for hydroxylation is 1. The van der Waals surface area contributed by atoms with Crippen LogP contribution in [0.1, 0.15) is 30.8 Å². The maximum atomic E-state index is 5.00. The highest BCUT2D eigenvalue weighted by molar-refractivity contribution is 5.12. The molecular formula is C16H23N5O. The van der Waals surface area contributed by atoms with Crippen LogP contribution in [0, 0.1) is 5.41 Å². The van der Waals surface area contributed by atoms with E-state index in [1.807, 2.05) is 18.5 Å². The van der Waals surface area contributed by atoms with Crippen LogP contribution in [0.15, 0.2) is 29.2 Å². The van der Waals surface area contributed by atoms with Gasteiger partial charge >= 0.3 is 0 Å². The maximum Gasteiger partial charge on any atom is 0.124 e. The van der Waals surface area contributed by atoms with E-state index in [4.69, 9.17) is 4.52 Å². The van der Waals surface area contributed by atoms with E-state index in [9.17, 15) is 0 Å². The molecular weight excluding hydrogens is 278 g/mol. The van der Waals surface area contributed by atoms with Crippen molar-refractivity contribution in [1.82, 2.24) is 24.9 Å². The minimum Gasteiger partial charge on any atom is -0.364 e. The van der Waals surface area contributed by atoms with E-state index in [1.165, 1.54) is 19.3 Å². The minimum atomic E-state index is 0.514. The van der Waals surface area contributed by atoms with E-state index in [0.29, 0.717) is 11.5 Å². The van der Waals surface area contributed by atoms with Gasteiger partial charge in [0.25, 0.3) is 0 Å². The maximum absolute atomic E-state index is 5.00. The Morgan fingerprint density at radius 3 is 2.95 bits per heavy atom. The van der Waals surface area contributed by atoms with Crippen molar-refractivity contribution < 1.29 is 4.52 Å². The predicted molar refractivity (Wildman–Crippen MR) is 81.9 cm³/mol. The van der Waals surface area contributed by atoms with E-state index in [0.717, 1.165) is 37.7 Å². The molecule has 1 aliphatic heterocycles. The second kappa shape index (κ2) is 5.52. The van der Waals surface area contributed by atoms with Crippen molar-refractivity contribution >= 4 is 0 Å². The zero-order valence-electron chi connectivity index (χ0n) is 13.0. The molecule has 2 fully saturated rings. The molecule has 2 aliphatic rings. The average Bonchev–Trinajstić information content (AvgIpc) is 2.90. The van der Waals surface area contributed by atoms with Crippen LogP contribution in [0.5, 0.6) is 0 Å². The number of imidazole rings is 1. The van der Waals surface area contributed by atoms with Crippen LogP contribution in [0.25, 0.3) is 0 Å². The summed E-state index contributed by atoms with van der Waals surface area (Å²) in [6, 6.07) is 2.60. The van der Waals surface area contributed by atoms with E-state index in [1.54, 1.807) is 6.26 Å². The Morgan fingerprint density at radius 1 is 1.41 bits per heavy atom. The molecule has 118 valence electrons. The van der Waals surface area contributed by atoms with Gasteiger partial charge in [-0.15, -0.1) is 0 Å².